The lowest BCUT2D eigenvalue weighted by molar-refractivity contribution is -0.113. The van der Waals surface area contributed by atoms with Crippen LogP contribution in [0.4, 0.5) is 5.69 Å². The van der Waals surface area contributed by atoms with Gasteiger partial charge in [0.25, 0.3) is 5.91 Å². The van der Waals surface area contributed by atoms with Crippen LogP contribution in [0.15, 0.2) is 53.7 Å². The third-order valence-electron chi connectivity index (χ3n) is 4.77. The van der Waals surface area contributed by atoms with Crippen molar-refractivity contribution in [2.24, 2.45) is 5.92 Å². The van der Waals surface area contributed by atoms with Crippen LogP contribution >= 0.6 is 11.8 Å². The zero-order chi connectivity index (χ0) is 22.4. The number of carbonyl (C=O) groups is 2. The first-order valence-corrected chi connectivity index (χ1v) is 11.1. The Morgan fingerprint density at radius 2 is 1.84 bits per heavy atom. The first-order valence-electron chi connectivity index (χ1n) is 10.1. The number of hydrogen-bond acceptors (Lipinski definition) is 5. The summed E-state index contributed by atoms with van der Waals surface area (Å²) in [7, 11) is 0. The molecule has 3 aromatic rings. The molecule has 0 bridgehead atoms. The molecule has 1 heterocycles. The normalized spacial score (nSPS) is 11.9. The van der Waals surface area contributed by atoms with Crippen molar-refractivity contribution in [1.29, 1.82) is 0 Å². The van der Waals surface area contributed by atoms with Crippen molar-refractivity contribution in [3.63, 3.8) is 0 Å². The molecule has 0 saturated carbocycles. The van der Waals surface area contributed by atoms with Gasteiger partial charge in [0.05, 0.1) is 11.8 Å². The lowest BCUT2D eigenvalue weighted by Gasteiger charge is -2.19. The van der Waals surface area contributed by atoms with Gasteiger partial charge in [0, 0.05) is 11.3 Å². The number of aromatic amines is 1. The fourth-order valence-electron chi connectivity index (χ4n) is 3.01. The smallest absolute Gasteiger partial charge is 0.251 e. The molecule has 31 heavy (non-hydrogen) atoms. The van der Waals surface area contributed by atoms with E-state index in [2.05, 4.69) is 25.8 Å². The van der Waals surface area contributed by atoms with Crippen LogP contribution in [0, 0.1) is 19.8 Å². The fraction of sp³-hybridized carbons (Fsp3) is 0.304. The second-order valence-corrected chi connectivity index (χ2v) is 8.66. The highest BCUT2D eigenvalue weighted by Gasteiger charge is 2.23. The van der Waals surface area contributed by atoms with Gasteiger partial charge < -0.3 is 10.6 Å². The predicted molar refractivity (Wildman–Crippen MR) is 123 cm³/mol. The molecule has 162 valence electrons. The van der Waals surface area contributed by atoms with E-state index in [1.165, 1.54) is 11.8 Å². The Morgan fingerprint density at radius 1 is 1.10 bits per heavy atom. The Balaban J connectivity index is 1.60. The van der Waals surface area contributed by atoms with Crippen molar-refractivity contribution in [2.75, 3.05) is 11.1 Å². The maximum Gasteiger partial charge on any atom is 0.251 e. The molecule has 1 unspecified atom stereocenters. The average molecular weight is 438 g/mol. The molecule has 1 atom stereocenters. The number of carbonyl (C=O) groups excluding carboxylic acids is 2. The van der Waals surface area contributed by atoms with E-state index in [9.17, 15) is 9.59 Å². The SMILES string of the molecule is Cc1ccc(C)c(NC(=O)CSc2n[nH]c(C(NC(=O)c3ccccc3)C(C)C)n2)c1. The third kappa shape index (κ3) is 6.18. The molecule has 3 N–H and O–H groups in total. The van der Waals surface area contributed by atoms with Gasteiger partial charge in [-0.05, 0) is 49.1 Å². The number of nitrogens with zero attached hydrogens (tertiary/aromatic N) is 2. The number of nitrogens with one attached hydrogen (secondary N) is 3. The molecule has 8 heteroatoms. The summed E-state index contributed by atoms with van der Waals surface area (Å²) >= 11 is 1.24. The van der Waals surface area contributed by atoms with E-state index >= 15 is 0 Å². The van der Waals surface area contributed by atoms with E-state index < -0.39 is 0 Å². The van der Waals surface area contributed by atoms with Crippen molar-refractivity contribution in [1.82, 2.24) is 20.5 Å². The van der Waals surface area contributed by atoms with E-state index in [1.807, 2.05) is 64.1 Å². The molecular formula is C23H27N5O2S. The van der Waals surface area contributed by atoms with E-state index in [-0.39, 0.29) is 29.5 Å². The standard InChI is InChI=1S/C23H27N5O2S/c1-14(2)20(25-22(30)17-8-6-5-7-9-17)21-26-23(28-27-21)31-13-19(29)24-18-12-15(3)10-11-16(18)4/h5-12,14,20H,13H2,1-4H3,(H,24,29)(H,25,30)(H,26,27,28). The number of benzene rings is 2. The van der Waals surface area contributed by atoms with Crippen LogP contribution in [-0.2, 0) is 4.79 Å². The van der Waals surface area contributed by atoms with E-state index in [4.69, 9.17) is 0 Å². The Labute approximate surface area is 186 Å². The van der Waals surface area contributed by atoms with Crippen LogP contribution in [0.3, 0.4) is 0 Å². The zero-order valence-electron chi connectivity index (χ0n) is 18.1. The lowest BCUT2D eigenvalue weighted by atomic mass is 10.0. The van der Waals surface area contributed by atoms with Gasteiger partial charge in [0.1, 0.15) is 5.82 Å². The summed E-state index contributed by atoms with van der Waals surface area (Å²) in [4.78, 5) is 29.4. The van der Waals surface area contributed by atoms with Crippen LogP contribution in [-0.4, -0.2) is 32.7 Å². The van der Waals surface area contributed by atoms with Gasteiger partial charge in [0.2, 0.25) is 11.1 Å². The maximum atomic E-state index is 12.5. The molecule has 0 fully saturated rings. The molecule has 0 spiro atoms. The predicted octanol–water partition coefficient (Wildman–Crippen LogP) is 4.28. The Bertz CT molecular complexity index is 1050. The molecule has 0 aliphatic heterocycles. The van der Waals surface area contributed by atoms with Crippen molar-refractivity contribution < 1.29 is 9.59 Å². The topological polar surface area (TPSA) is 99.8 Å². The Hall–Kier alpha value is -3.13. The van der Waals surface area contributed by atoms with Crippen molar-refractivity contribution >= 4 is 29.3 Å². The number of aryl methyl sites for hydroxylation is 2. The maximum absolute atomic E-state index is 12.5. The summed E-state index contributed by atoms with van der Waals surface area (Å²) in [5, 5.41) is 13.5. The van der Waals surface area contributed by atoms with E-state index in [0.717, 1.165) is 16.8 Å². The molecule has 1 aromatic heterocycles. The number of thioether (sulfide) groups is 1. The highest BCUT2D eigenvalue weighted by Crippen LogP contribution is 2.22. The van der Waals surface area contributed by atoms with Gasteiger partial charge >= 0.3 is 0 Å². The summed E-state index contributed by atoms with van der Waals surface area (Å²) in [5.41, 5.74) is 3.50. The molecule has 0 radical (unpaired) electrons. The average Bonchev–Trinajstić information content (AvgIpc) is 3.22. The molecule has 2 amide bonds. The van der Waals surface area contributed by atoms with Gasteiger partial charge in [-0.1, -0.05) is 55.9 Å². The second kappa shape index (κ2) is 10.3. The summed E-state index contributed by atoms with van der Waals surface area (Å²) in [6.45, 7) is 7.95. The zero-order valence-corrected chi connectivity index (χ0v) is 18.9. The Morgan fingerprint density at radius 3 is 2.55 bits per heavy atom. The van der Waals surface area contributed by atoms with Crippen LogP contribution < -0.4 is 10.6 Å². The van der Waals surface area contributed by atoms with E-state index in [0.29, 0.717) is 16.5 Å². The molecule has 0 aliphatic rings. The molecule has 7 nitrogen and oxygen atoms in total. The quantitative estimate of drug-likeness (QED) is 0.457. The summed E-state index contributed by atoms with van der Waals surface area (Å²) in [6, 6.07) is 14.7. The van der Waals surface area contributed by atoms with Gasteiger partial charge in [-0.3, -0.25) is 14.7 Å². The number of hydrogen-bond donors (Lipinski definition) is 3. The Kier molecular flexibility index (Phi) is 7.46. The molecule has 2 aromatic carbocycles. The monoisotopic (exact) mass is 437 g/mol. The van der Waals surface area contributed by atoms with Crippen LogP contribution in [0.25, 0.3) is 0 Å². The highest BCUT2D eigenvalue weighted by molar-refractivity contribution is 7.99. The van der Waals surface area contributed by atoms with Crippen LogP contribution in [0.5, 0.6) is 0 Å². The molecule has 3 rings (SSSR count). The van der Waals surface area contributed by atoms with E-state index in [1.54, 1.807) is 12.1 Å². The first kappa shape index (κ1) is 22.6. The second-order valence-electron chi connectivity index (χ2n) is 7.72. The summed E-state index contributed by atoms with van der Waals surface area (Å²) < 4.78 is 0. The van der Waals surface area contributed by atoms with Gasteiger partial charge in [0.15, 0.2) is 0 Å². The van der Waals surface area contributed by atoms with Gasteiger partial charge in [-0.2, -0.15) is 0 Å². The minimum atomic E-state index is -0.321. The van der Waals surface area contributed by atoms with Crippen LogP contribution in [0.1, 0.15) is 47.2 Å². The molecular weight excluding hydrogens is 410 g/mol. The van der Waals surface area contributed by atoms with Gasteiger partial charge in [-0.15, -0.1) is 5.10 Å². The molecule has 0 saturated heterocycles. The van der Waals surface area contributed by atoms with Crippen LogP contribution in [0.2, 0.25) is 0 Å². The number of H-pyrrole nitrogens is 1. The summed E-state index contributed by atoms with van der Waals surface area (Å²) in [5.74, 6) is 0.566. The molecule has 0 aliphatic carbocycles. The number of rotatable bonds is 8. The highest BCUT2D eigenvalue weighted by atomic mass is 32.2. The largest absolute Gasteiger partial charge is 0.342 e. The first-order chi connectivity index (χ1) is 14.8. The third-order valence-corrected chi connectivity index (χ3v) is 5.61. The minimum Gasteiger partial charge on any atom is -0.342 e. The lowest BCUT2D eigenvalue weighted by Crippen LogP contribution is -2.32. The number of amides is 2. The van der Waals surface area contributed by atoms with Crippen molar-refractivity contribution in [2.45, 2.75) is 38.9 Å². The van der Waals surface area contributed by atoms with Gasteiger partial charge in [-0.25, -0.2) is 4.98 Å². The summed E-state index contributed by atoms with van der Waals surface area (Å²) in [6.07, 6.45) is 0. The van der Waals surface area contributed by atoms with Crippen molar-refractivity contribution in [3.05, 3.63) is 71.0 Å². The minimum absolute atomic E-state index is 0.103. The fourth-order valence-corrected chi connectivity index (χ4v) is 3.62. The number of aromatic nitrogens is 3. The number of anilines is 1. The van der Waals surface area contributed by atoms with Crippen molar-refractivity contribution in [3.8, 4) is 0 Å².